The van der Waals surface area contributed by atoms with Crippen molar-refractivity contribution in [2.24, 2.45) is 5.73 Å². The molecule has 0 radical (unpaired) electrons. The summed E-state index contributed by atoms with van der Waals surface area (Å²) in [6, 6.07) is 0.372. The molecule has 1 rings (SSSR count). The Hall–Kier alpha value is -0.940. The molecule has 1 aromatic rings. The molecule has 0 aromatic carbocycles. The van der Waals surface area contributed by atoms with Crippen LogP contribution < -0.4 is 5.73 Å². The molecule has 80 valence electrons. The molecule has 1 heterocycles. The number of hydrogen-bond donors (Lipinski definition) is 1. The molecular formula is C9H19N5. The average molecular weight is 197 g/mol. The van der Waals surface area contributed by atoms with Crippen molar-refractivity contribution in [3.8, 4) is 0 Å². The minimum absolute atomic E-state index is 0.372. The molecule has 1 unspecified atom stereocenters. The van der Waals surface area contributed by atoms with Gasteiger partial charge in [-0.15, -0.1) is 0 Å². The van der Waals surface area contributed by atoms with Crippen molar-refractivity contribution in [3.05, 3.63) is 12.2 Å². The van der Waals surface area contributed by atoms with Gasteiger partial charge in [-0.05, 0) is 20.9 Å². The molecule has 0 saturated heterocycles. The first-order valence-electron chi connectivity index (χ1n) is 4.96. The minimum atomic E-state index is 0.372. The summed E-state index contributed by atoms with van der Waals surface area (Å²) < 4.78 is 1.90. The third kappa shape index (κ3) is 2.52. The fraction of sp³-hybridized carbons (Fsp3) is 0.778. The van der Waals surface area contributed by atoms with Crippen LogP contribution in [0.5, 0.6) is 0 Å². The Bertz CT molecular complexity index is 270. The molecule has 0 aliphatic heterocycles. The fourth-order valence-corrected chi connectivity index (χ4v) is 1.23. The smallest absolute Gasteiger partial charge is 0.140 e. The van der Waals surface area contributed by atoms with Gasteiger partial charge in [0.05, 0.1) is 6.54 Å². The van der Waals surface area contributed by atoms with E-state index in [1.54, 1.807) is 6.33 Å². The minimum Gasteiger partial charge on any atom is -0.329 e. The quantitative estimate of drug-likeness (QED) is 0.726. The van der Waals surface area contributed by atoms with Crippen LogP contribution in [-0.4, -0.2) is 39.3 Å². The van der Waals surface area contributed by atoms with Crippen molar-refractivity contribution in [3.63, 3.8) is 0 Å². The summed E-state index contributed by atoms with van der Waals surface area (Å²) >= 11 is 0. The molecule has 0 bridgehead atoms. The lowest BCUT2D eigenvalue weighted by atomic mass is 10.3. The Balaban J connectivity index is 2.59. The summed E-state index contributed by atoms with van der Waals surface area (Å²) in [7, 11) is 2.05. The monoisotopic (exact) mass is 197 g/mol. The second-order valence-electron chi connectivity index (χ2n) is 3.49. The molecule has 5 nitrogen and oxygen atoms in total. The summed E-state index contributed by atoms with van der Waals surface area (Å²) in [5, 5.41) is 4.12. The van der Waals surface area contributed by atoms with Crippen molar-refractivity contribution >= 4 is 0 Å². The Morgan fingerprint density at radius 1 is 1.64 bits per heavy atom. The molecule has 5 heteroatoms. The highest BCUT2D eigenvalue weighted by Gasteiger charge is 2.10. The molecule has 0 saturated carbocycles. The molecule has 1 atom stereocenters. The van der Waals surface area contributed by atoms with Crippen LogP contribution in [0.4, 0.5) is 0 Å². The van der Waals surface area contributed by atoms with E-state index in [9.17, 15) is 0 Å². The van der Waals surface area contributed by atoms with Gasteiger partial charge in [-0.3, -0.25) is 4.90 Å². The zero-order valence-corrected chi connectivity index (χ0v) is 9.14. The summed E-state index contributed by atoms with van der Waals surface area (Å²) in [6.07, 6.45) is 1.60. The molecular weight excluding hydrogens is 178 g/mol. The van der Waals surface area contributed by atoms with E-state index in [1.807, 2.05) is 11.7 Å². The summed E-state index contributed by atoms with van der Waals surface area (Å²) in [5.41, 5.74) is 5.59. The zero-order valence-electron chi connectivity index (χ0n) is 9.14. The predicted octanol–water partition coefficient (Wildman–Crippen LogP) is 0.0770. The topological polar surface area (TPSA) is 60.0 Å². The van der Waals surface area contributed by atoms with E-state index in [0.717, 1.165) is 18.9 Å². The number of hydrogen-bond acceptors (Lipinski definition) is 4. The first-order chi connectivity index (χ1) is 6.69. The Morgan fingerprint density at radius 2 is 2.36 bits per heavy atom. The van der Waals surface area contributed by atoms with E-state index in [4.69, 9.17) is 5.73 Å². The largest absolute Gasteiger partial charge is 0.329 e. The lowest BCUT2D eigenvalue weighted by Gasteiger charge is -2.22. The SMILES string of the molecule is CCn1ncnc1CN(C)C(C)CN. The zero-order chi connectivity index (χ0) is 10.6. The molecule has 0 spiro atoms. The first-order valence-corrected chi connectivity index (χ1v) is 4.96. The van der Waals surface area contributed by atoms with Gasteiger partial charge in [-0.1, -0.05) is 0 Å². The van der Waals surface area contributed by atoms with Gasteiger partial charge in [0, 0.05) is 19.1 Å². The van der Waals surface area contributed by atoms with E-state index in [-0.39, 0.29) is 0 Å². The standard InChI is InChI=1S/C9H19N5/c1-4-14-9(11-7-12-14)6-13(3)8(2)5-10/h7-8H,4-6,10H2,1-3H3. The van der Waals surface area contributed by atoms with Gasteiger partial charge in [0.25, 0.3) is 0 Å². The average Bonchev–Trinajstić information content (AvgIpc) is 2.63. The second kappa shape index (κ2) is 5.07. The van der Waals surface area contributed by atoms with Gasteiger partial charge in [-0.25, -0.2) is 9.67 Å². The van der Waals surface area contributed by atoms with Crippen LogP contribution in [0.25, 0.3) is 0 Å². The van der Waals surface area contributed by atoms with E-state index in [0.29, 0.717) is 12.6 Å². The van der Waals surface area contributed by atoms with Crippen molar-refractivity contribution in [2.45, 2.75) is 33.0 Å². The van der Waals surface area contributed by atoms with Crippen molar-refractivity contribution < 1.29 is 0 Å². The molecule has 0 aliphatic rings. The Morgan fingerprint density at radius 3 is 2.93 bits per heavy atom. The highest BCUT2D eigenvalue weighted by Crippen LogP contribution is 2.02. The third-order valence-electron chi connectivity index (χ3n) is 2.48. The van der Waals surface area contributed by atoms with Gasteiger partial charge in [0.15, 0.2) is 0 Å². The fourth-order valence-electron chi connectivity index (χ4n) is 1.23. The van der Waals surface area contributed by atoms with Gasteiger partial charge in [0.2, 0.25) is 0 Å². The molecule has 0 aliphatic carbocycles. The van der Waals surface area contributed by atoms with Crippen LogP contribution in [0, 0.1) is 0 Å². The van der Waals surface area contributed by atoms with Gasteiger partial charge < -0.3 is 5.73 Å². The maximum Gasteiger partial charge on any atom is 0.140 e. The lowest BCUT2D eigenvalue weighted by Crippen LogP contribution is -2.35. The van der Waals surface area contributed by atoms with Crippen molar-refractivity contribution in [2.75, 3.05) is 13.6 Å². The van der Waals surface area contributed by atoms with E-state index in [2.05, 4.69) is 28.8 Å². The molecule has 0 amide bonds. The molecule has 14 heavy (non-hydrogen) atoms. The number of aryl methyl sites for hydroxylation is 1. The van der Waals surface area contributed by atoms with Crippen molar-refractivity contribution in [1.82, 2.24) is 19.7 Å². The van der Waals surface area contributed by atoms with Crippen LogP contribution in [0.1, 0.15) is 19.7 Å². The number of nitrogens with two attached hydrogens (primary N) is 1. The summed E-state index contributed by atoms with van der Waals surface area (Å²) in [4.78, 5) is 6.39. The van der Waals surface area contributed by atoms with E-state index < -0.39 is 0 Å². The van der Waals surface area contributed by atoms with Gasteiger partial charge in [0.1, 0.15) is 12.2 Å². The van der Waals surface area contributed by atoms with Crippen LogP contribution >= 0.6 is 0 Å². The van der Waals surface area contributed by atoms with Gasteiger partial charge >= 0.3 is 0 Å². The maximum absolute atomic E-state index is 5.59. The molecule has 2 N–H and O–H groups in total. The number of likely N-dealkylation sites (N-methyl/N-ethyl adjacent to an activating group) is 1. The van der Waals surface area contributed by atoms with Crippen LogP contribution in [0.2, 0.25) is 0 Å². The van der Waals surface area contributed by atoms with Crippen LogP contribution in [0.3, 0.4) is 0 Å². The molecule has 0 fully saturated rings. The van der Waals surface area contributed by atoms with Crippen LogP contribution in [0.15, 0.2) is 6.33 Å². The highest BCUT2D eigenvalue weighted by molar-refractivity contribution is 4.84. The van der Waals surface area contributed by atoms with E-state index in [1.165, 1.54) is 0 Å². The van der Waals surface area contributed by atoms with E-state index >= 15 is 0 Å². The summed E-state index contributed by atoms with van der Waals surface area (Å²) in [5.74, 6) is 0.996. The lowest BCUT2D eigenvalue weighted by molar-refractivity contribution is 0.244. The maximum atomic E-state index is 5.59. The summed E-state index contributed by atoms with van der Waals surface area (Å²) in [6.45, 7) is 6.49. The normalized spacial score (nSPS) is 13.5. The number of rotatable bonds is 5. The van der Waals surface area contributed by atoms with Crippen molar-refractivity contribution in [1.29, 1.82) is 0 Å². The number of aromatic nitrogens is 3. The Labute approximate surface area is 84.9 Å². The van der Waals surface area contributed by atoms with Gasteiger partial charge in [-0.2, -0.15) is 5.10 Å². The predicted molar refractivity (Wildman–Crippen MR) is 55.7 cm³/mol. The first kappa shape index (κ1) is 11.1. The highest BCUT2D eigenvalue weighted by atomic mass is 15.3. The molecule has 1 aromatic heterocycles. The Kier molecular flexibility index (Phi) is 4.03. The number of nitrogens with zero attached hydrogens (tertiary/aromatic N) is 4. The third-order valence-corrected chi connectivity index (χ3v) is 2.48. The van der Waals surface area contributed by atoms with Crippen LogP contribution in [-0.2, 0) is 13.1 Å². The second-order valence-corrected chi connectivity index (χ2v) is 3.49.